The van der Waals surface area contributed by atoms with E-state index in [0.29, 0.717) is 17.0 Å². The number of carboxylic acids is 2. The minimum atomic E-state index is -0.956. The van der Waals surface area contributed by atoms with Crippen LogP contribution in [0.1, 0.15) is 139 Å². The molecular formula is C38H72N4O6Pt2-2. The first kappa shape index (κ1) is 60.2. The van der Waals surface area contributed by atoms with Crippen molar-refractivity contribution in [3.8, 4) is 0 Å². The van der Waals surface area contributed by atoms with Crippen LogP contribution in [-0.2, 0) is 57.1 Å². The summed E-state index contributed by atoms with van der Waals surface area (Å²) in [5, 5.41) is 16.0. The molecule has 0 radical (unpaired) electrons. The summed E-state index contributed by atoms with van der Waals surface area (Å²) in [7, 11) is 0. The number of carboxylic acid groups (broad SMARTS) is 2. The molecule has 10 nitrogen and oxygen atoms in total. The van der Waals surface area contributed by atoms with Crippen molar-refractivity contribution in [3.05, 3.63) is 54.6 Å². The second kappa shape index (κ2) is 31.8. The predicted molar refractivity (Wildman–Crippen MR) is 204 cm³/mol. The van der Waals surface area contributed by atoms with Crippen LogP contribution in [0.5, 0.6) is 0 Å². The maximum absolute atomic E-state index is 9.72. The molecule has 12 heteroatoms. The summed E-state index contributed by atoms with van der Waals surface area (Å²) in [5.41, 5.74) is 27.8. The molecule has 1 aliphatic carbocycles. The average Bonchev–Trinajstić information content (AvgIpc) is 2.89. The maximum Gasteiger partial charge on any atom is 0.387 e. The fraction of sp³-hybridized carbons (Fsp3) is 0.684. The van der Waals surface area contributed by atoms with E-state index in [-0.39, 0.29) is 91.1 Å². The summed E-state index contributed by atoms with van der Waals surface area (Å²) in [6, 6.07) is 5.89. The molecule has 0 saturated heterocycles. The zero-order valence-electron chi connectivity index (χ0n) is 32.9. The monoisotopic (exact) mass is 1070 g/mol. The Bertz CT molecular complexity index is 987. The number of rotatable bonds is 6. The molecule has 302 valence electrons. The van der Waals surface area contributed by atoms with Gasteiger partial charge in [0.25, 0.3) is 0 Å². The van der Waals surface area contributed by atoms with Gasteiger partial charge in [-0.15, -0.1) is 6.07 Å². The number of carbonyl (C=O) groups excluding carboxylic acids is 2. The smallest absolute Gasteiger partial charge is 0.387 e. The average molecular weight is 1070 g/mol. The van der Waals surface area contributed by atoms with Crippen molar-refractivity contribution in [2.75, 3.05) is 0 Å². The third-order valence-electron chi connectivity index (χ3n) is 6.37. The molecule has 1 fully saturated rings. The number of nitrogens with one attached hydrogen (secondary N) is 2. The summed E-state index contributed by atoms with van der Waals surface area (Å²) in [4.78, 5) is 35.9. The molecule has 1 aromatic carbocycles. The van der Waals surface area contributed by atoms with Gasteiger partial charge in [0.15, 0.2) is 0 Å². The van der Waals surface area contributed by atoms with Gasteiger partial charge in [0.05, 0.1) is 25.7 Å². The molecule has 1 saturated carbocycles. The first-order valence-corrected chi connectivity index (χ1v) is 16.8. The van der Waals surface area contributed by atoms with Crippen molar-refractivity contribution in [3.63, 3.8) is 0 Å². The number of primary amides is 2. The van der Waals surface area contributed by atoms with Crippen molar-refractivity contribution in [1.29, 1.82) is 0 Å². The van der Waals surface area contributed by atoms with E-state index in [0.717, 1.165) is 36.2 Å². The van der Waals surface area contributed by atoms with Crippen LogP contribution in [0.25, 0.3) is 11.5 Å². The molecular weight excluding hydrogens is 999 g/mol. The Hall–Kier alpha value is -1.89. The first-order valence-electron chi connectivity index (χ1n) is 16.8. The topological polar surface area (TPSA) is 217 Å². The summed E-state index contributed by atoms with van der Waals surface area (Å²) >= 11 is 0. The molecule has 50 heavy (non-hydrogen) atoms. The normalized spacial score (nSPS) is 16.1. The number of amides is 2. The van der Waals surface area contributed by atoms with Gasteiger partial charge in [0.1, 0.15) is 0 Å². The van der Waals surface area contributed by atoms with Gasteiger partial charge >= 0.3 is 23.8 Å². The molecule has 0 bridgehead atoms. The van der Waals surface area contributed by atoms with Gasteiger partial charge in [-0.1, -0.05) is 114 Å². The van der Waals surface area contributed by atoms with E-state index in [1.54, 1.807) is 0 Å². The number of carbonyl (C=O) groups is 2. The Morgan fingerprint density at radius 2 is 1.20 bits per heavy atom. The second-order valence-corrected chi connectivity index (χ2v) is 15.6. The van der Waals surface area contributed by atoms with Crippen molar-refractivity contribution in [1.82, 2.24) is 0 Å². The minimum Gasteiger partial charge on any atom is -0.756 e. The molecule has 0 aliphatic heterocycles. The van der Waals surface area contributed by atoms with Crippen molar-refractivity contribution < 1.29 is 71.5 Å². The Morgan fingerprint density at radius 1 is 0.840 bits per heavy atom. The van der Waals surface area contributed by atoms with Gasteiger partial charge in [-0.3, -0.25) is 24.9 Å². The fourth-order valence-electron chi connectivity index (χ4n) is 3.58. The van der Waals surface area contributed by atoms with E-state index >= 15 is 0 Å². The van der Waals surface area contributed by atoms with Gasteiger partial charge in [-0.25, -0.2) is 12.5 Å². The largest absolute Gasteiger partial charge is 0.756 e. The van der Waals surface area contributed by atoms with Crippen molar-refractivity contribution >= 4 is 29.4 Å². The number of nitrogens with two attached hydrogens (primary N) is 2. The maximum atomic E-state index is 9.72. The molecule has 10 N–H and O–H groups in total. The van der Waals surface area contributed by atoms with E-state index in [2.05, 4.69) is 96.9 Å². The molecule has 3 atom stereocenters. The molecule has 0 aromatic heterocycles. The standard InChI is InChI=1S/C11H21N.C11H15N.2C4H7NO3.2C4H10.2Pt/c2*1-8-7-9(11(2,3)4)5-6-10(8)12;2*5-3(6)1-2-4(7)8;2*1-4(2)3;;/h8-10,12H,1,5-7H2,2-4H3;5-7,12H,1H2,2-4H3;2*1-2H2,(H2,5,6)(H,7,8);2*4H,1-3H3;;/q2*-2;;;;;;/p+2. The zero-order valence-corrected chi connectivity index (χ0v) is 37.4. The summed E-state index contributed by atoms with van der Waals surface area (Å²) in [5.74, 6) is 0.244. The molecule has 1 aliphatic rings. The molecule has 0 spiro atoms. The first-order chi connectivity index (χ1) is 21.5. The number of hydrogen-bond acceptors (Lipinski definition) is 2. The van der Waals surface area contributed by atoms with Crippen LogP contribution >= 0.6 is 0 Å². The number of benzene rings is 1. The summed E-state index contributed by atoms with van der Waals surface area (Å²) in [6.45, 7) is 34.2. The Morgan fingerprint density at radius 3 is 1.42 bits per heavy atom. The van der Waals surface area contributed by atoms with Crippen LogP contribution < -0.4 is 11.5 Å². The Balaban J connectivity index is -0.000000120. The van der Waals surface area contributed by atoms with Crippen LogP contribution in [0.2, 0.25) is 0 Å². The van der Waals surface area contributed by atoms with E-state index in [9.17, 15) is 9.59 Å². The third kappa shape index (κ3) is 44.1. The van der Waals surface area contributed by atoms with E-state index in [4.69, 9.17) is 42.7 Å². The van der Waals surface area contributed by atoms with Crippen molar-refractivity contribution in [2.45, 2.75) is 139 Å². The minimum absolute atomic E-state index is 0. The fourth-order valence-corrected chi connectivity index (χ4v) is 3.58. The van der Waals surface area contributed by atoms with Gasteiger partial charge in [-0.2, -0.15) is 18.0 Å². The Kier molecular flexibility index (Phi) is 38.3. The molecule has 0 heterocycles. The third-order valence-corrected chi connectivity index (χ3v) is 6.37. The second-order valence-electron chi connectivity index (χ2n) is 15.6. The van der Waals surface area contributed by atoms with Crippen molar-refractivity contribution in [2.24, 2.45) is 40.6 Å². The van der Waals surface area contributed by atoms with E-state index < -0.39 is 11.9 Å². The predicted octanol–water partition coefficient (Wildman–Crippen LogP) is 9.50. The molecule has 2 rings (SSSR count). The van der Waals surface area contributed by atoms with Crippen LogP contribution in [-0.4, -0.2) is 49.6 Å². The SMILES string of the molecule is CC(C)C.CC(C)C.NC(=[OH+])CCC(=O)O.NC(=[OH+])CCC(=O)O.[CH2-]C1CC(C(C)(C)C)CCC1[NH-].[CH2-]c1cc(C(C)(C)C)ccc1[NH-].[Pt].[Pt]. The van der Waals surface area contributed by atoms with Gasteiger partial charge in [0.2, 0.25) is 0 Å². The van der Waals surface area contributed by atoms with Gasteiger partial charge in [-0.05, 0) is 28.6 Å². The van der Waals surface area contributed by atoms with Crippen LogP contribution in [0, 0.1) is 42.9 Å². The number of hydrogen-bond donors (Lipinski definition) is 4. The van der Waals surface area contributed by atoms with E-state index in [1.807, 2.05) is 18.2 Å². The van der Waals surface area contributed by atoms with Crippen LogP contribution in [0.3, 0.4) is 0 Å². The molecule has 1 aromatic rings. The van der Waals surface area contributed by atoms with Crippen LogP contribution in [0.15, 0.2) is 18.2 Å². The molecule has 3 unspecified atom stereocenters. The van der Waals surface area contributed by atoms with Crippen LogP contribution in [0.4, 0.5) is 5.69 Å². The van der Waals surface area contributed by atoms with Gasteiger partial charge in [0, 0.05) is 42.1 Å². The zero-order chi connectivity index (χ0) is 39.0. The quantitative estimate of drug-likeness (QED) is 0.162. The molecule has 2 amide bonds. The van der Waals surface area contributed by atoms with E-state index in [1.165, 1.54) is 12.0 Å². The Labute approximate surface area is 334 Å². The summed E-state index contributed by atoms with van der Waals surface area (Å²) in [6.07, 6.45) is 3.28. The summed E-state index contributed by atoms with van der Waals surface area (Å²) < 4.78 is 0. The number of aliphatic carboxylic acids is 2. The van der Waals surface area contributed by atoms with Gasteiger partial charge < -0.3 is 40.1 Å².